The van der Waals surface area contributed by atoms with Gasteiger partial charge in [-0.3, -0.25) is 0 Å². The number of hydrogen-bond acceptors (Lipinski definition) is 1. The van der Waals surface area contributed by atoms with E-state index in [0.29, 0.717) is 0 Å². The van der Waals surface area contributed by atoms with Crippen molar-refractivity contribution in [3.8, 4) is 6.07 Å². The zero-order valence-corrected chi connectivity index (χ0v) is 11.0. The lowest BCUT2D eigenvalue weighted by Crippen LogP contribution is -2.36. The minimum absolute atomic E-state index is 0.0220. The normalized spacial score (nSPS) is 48.1. The fourth-order valence-corrected chi connectivity index (χ4v) is 3.88. The summed E-state index contributed by atoms with van der Waals surface area (Å²) >= 11 is 0. The Morgan fingerprint density at radius 2 is 1.94 bits per heavy atom. The standard InChI is InChI=1S/C15H25N/c1-11-4-5-12(2)14(6-11)7-13-8-15(3,9-13)10-16/h11-14H,4-9H2,1-3H3/t11-,12+,13?,14?,15?/m1/s1. The summed E-state index contributed by atoms with van der Waals surface area (Å²) in [7, 11) is 0. The molecule has 2 aliphatic carbocycles. The lowest BCUT2D eigenvalue weighted by atomic mass is 9.59. The third kappa shape index (κ3) is 2.42. The predicted octanol–water partition coefficient (Wildman–Crippen LogP) is 4.39. The summed E-state index contributed by atoms with van der Waals surface area (Å²) in [5.74, 6) is 3.65. The van der Waals surface area contributed by atoms with Gasteiger partial charge in [0, 0.05) is 0 Å². The molecule has 0 aromatic rings. The smallest absolute Gasteiger partial charge is 0.0687 e. The Hall–Kier alpha value is -0.510. The lowest BCUT2D eigenvalue weighted by Gasteiger charge is -2.44. The minimum atomic E-state index is 0.0220. The Morgan fingerprint density at radius 3 is 2.56 bits per heavy atom. The van der Waals surface area contributed by atoms with Crippen molar-refractivity contribution in [1.29, 1.82) is 5.26 Å². The molecule has 1 unspecified atom stereocenters. The minimum Gasteiger partial charge on any atom is -0.198 e. The fraction of sp³-hybridized carbons (Fsp3) is 0.933. The first kappa shape index (κ1) is 12.0. The Labute approximate surface area is 100 Å². The van der Waals surface area contributed by atoms with Crippen LogP contribution in [-0.2, 0) is 0 Å². The van der Waals surface area contributed by atoms with E-state index in [1.165, 1.54) is 25.7 Å². The van der Waals surface area contributed by atoms with Crippen LogP contribution in [0.3, 0.4) is 0 Å². The third-order valence-electron chi connectivity index (χ3n) is 5.01. The molecule has 0 heterocycles. The quantitative estimate of drug-likeness (QED) is 0.675. The van der Waals surface area contributed by atoms with Crippen LogP contribution in [0.25, 0.3) is 0 Å². The number of rotatable bonds is 2. The molecule has 0 aliphatic heterocycles. The van der Waals surface area contributed by atoms with Crippen molar-refractivity contribution in [1.82, 2.24) is 0 Å². The Morgan fingerprint density at radius 1 is 1.25 bits per heavy atom. The molecule has 1 nitrogen and oxygen atoms in total. The van der Waals surface area contributed by atoms with Gasteiger partial charge in [0.05, 0.1) is 11.5 Å². The summed E-state index contributed by atoms with van der Waals surface area (Å²) in [6, 6.07) is 2.47. The van der Waals surface area contributed by atoms with Crippen LogP contribution in [0.1, 0.15) is 59.3 Å². The van der Waals surface area contributed by atoms with Gasteiger partial charge in [0.2, 0.25) is 0 Å². The van der Waals surface area contributed by atoms with Gasteiger partial charge in [0.1, 0.15) is 0 Å². The van der Waals surface area contributed by atoms with E-state index in [1.54, 1.807) is 0 Å². The van der Waals surface area contributed by atoms with E-state index in [9.17, 15) is 0 Å². The molecule has 0 aromatic carbocycles. The molecule has 16 heavy (non-hydrogen) atoms. The van der Waals surface area contributed by atoms with Crippen molar-refractivity contribution >= 4 is 0 Å². The van der Waals surface area contributed by atoms with Gasteiger partial charge >= 0.3 is 0 Å². The average Bonchev–Trinajstić information content (AvgIpc) is 2.21. The van der Waals surface area contributed by atoms with Gasteiger partial charge in [0.15, 0.2) is 0 Å². The van der Waals surface area contributed by atoms with E-state index in [2.05, 4.69) is 26.8 Å². The first-order valence-corrected chi connectivity index (χ1v) is 6.93. The molecule has 0 aromatic heterocycles. The lowest BCUT2D eigenvalue weighted by molar-refractivity contribution is 0.0777. The maximum atomic E-state index is 9.01. The molecule has 0 saturated heterocycles. The maximum absolute atomic E-state index is 9.01. The highest BCUT2D eigenvalue weighted by molar-refractivity contribution is 5.05. The predicted molar refractivity (Wildman–Crippen MR) is 66.7 cm³/mol. The van der Waals surface area contributed by atoms with Crippen LogP contribution in [-0.4, -0.2) is 0 Å². The van der Waals surface area contributed by atoms with Gasteiger partial charge in [-0.15, -0.1) is 0 Å². The number of nitrogens with zero attached hydrogens (tertiary/aromatic N) is 1. The second kappa shape index (κ2) is 4.40. The van der Waals surface area contributed by atoms with Crippen molar-refractivity contribution in [2.75, 3.05) is 0 Å². The topological polar surface area (TPSA) is 23.8 Å². The Balaban J connectivity index is 1.80. The summed E-state index contributed by atoms with van der Waals surface area (Å²) < 4.78 is 0. The van der Waals surface area contributed by atoms with Gasteiger partial charge in [-0.1, -0.05) is 26.7 Å². The SMILES string of the molecule is C[C@@H]1CC[C@H](C)C(CC2CC(C)(C#N)C2)C1. The summed E-state index contributed by atoms with van der Waals surface area (Å²) in [6.07, 6.45) is 7.98. The van der Waals surface area contributed by atoms with Crippen LogP contribution in [0, 0.1) is 40.4 Å². The Kier molecular flexibility index (Phi) is 3.29. The molecular formula is C15H25N. The van der Waals surface area contributed by atoms with E-state index in [0.717, 1.165) is 36.5 Å². The molecule has 0 amide bonds. The molecule has 0 N–H and O–H groups in total. The van der Waals surface area contributed by atoms with Crippen LogP contribution in [0.2, 0.25) is 0 Å². The van der Waals surface area contributed by atoms with Gasteiger partial charge in [-0.25, -0.2) is 0 Å². The van der Waals surface area contributed by atoms with Crippen molar-refractivity contribution in [2.45, 2.75) is 59.3 Å². The van der Waals surface area contributed by atoms with E-state index in [-0.39, 0.29) is 5.41 Å². The molecule has 1 heteroatoms. The summed E-state index contributed by atoms with van der Waals surface area (Å²) in [5, 5.41) is 9.01. The summed E-state index contributed by atoms with van der Waals surface area (Å²) in [4.78, 5) is 0. The van der Waals surface area contributed by atoms with Crippen LogP contribution < -0.4 is 0 Å². The molecule has 3 atom stereocenters. The Bertz CT molecular complexity index is 282. The maximum Gasteiger partial charge on any atom is 0.0687 e. The highest BCUT2D eigenvalue weighted by atomic mass is 14.5. The van der Waals surface area contributed by atoms with Crippen molar-refractivity contribution < 1.29 is 0 Å². The highest BCUT2D eigenvalue weighted by Crippen LogP contribution is 2.49. The molecule has 90 valence electrons. The molecule has 0 spiro atoms. The molecule has 2 fully saturated rings. The second-order valence-corrected chi connectivity index (χ2v) is 6.84. The zero-order chi connectivity index (χ0) is 11.8. The van der Waals surface area contributed by atoms with Gasteiger partial charge in [-0.2, -0.15) is 5.26 Å². The molecule has 2 aliphatic rings. The highest BCUT2D eigenvalue weighted by Gasteiger charge is 2.42. The van der Waals surface area contributed by atoms with Crippen LogP contribution in [0.4, 0.5) is 0 Å². The molecule has 0 bridgehead atoms. The van der Waals surface area contributed by atoms with Crippen LogP contribution in [0.5, 0.6) is 0 Å². The van der Waals surface area contributed by atoms with E-state index >= 15 is 0 Å². The van der Waals surface area contributed by atoms with Gasteiger partial charge < -0.3 is 0 Å². The van der Waals surface area contributed by atoms with Crippen LogP contribution >= 0.6 is 0 Å². The summed E-state index contributed by atoms with van der Waals surface area (Å²) in [6.45, 7) is 6.95. The first-order chi connectivity index (χ1) is 7.52. The molecule has 2 saturated carbocycles. The molecule has 0 radical (unpaired) electrons. The van der Waals surface area contributed by atoms with Crippen molar-refractivity contribution in [3.05, 3.63) is 0 Å². The largest absolute Gasteiger partial charge is 0.198 e. The first-order valence-electron chi connectivity index (χ1n) is 6.93. The fourth-order valence-electron chi connectivity index (χ4n) is 3.88. The molecule has 2 rings (SSSR count). The van der Waals surface area contributed by atoms with Gasteiger partial charge in [-0.05, 0) is 56.3 Å². The second-order valence-electron chi connectivity index (χ2n) is 6.84. The zero-order valence-electron chi connectivity index (χ0n) is 11.0. The third-order valence-corrected chi connectivity index (χ3v) is 5.01. The summed E-state index contributed by atoms with van der Waals surface area (Å²) in [5.41, 5.74) is 0.0220. The van der Waals surface area contributed by atoms with E-state index < -0.39 is 0 Å². The number of hydrogen-bond donors (Lipinski definition) is 0. The average molecular weight is 219 g/mol. The molecular weight excluding hydrogens is 194 g/mol. The van der Waals surface area contributed by atoms with E-state index in [4.69, 9.17) is 5.26 Å². The monoisotopic (exact) mass is 219 g/mol. The van der Waals surface area contributed by atoms with E-state index in [1.807, 2.05) is 0 Å². The van der Waals surface area contributed by atoms with Crippen molar-refractivity contribution in [2.24, 2.45) is 29.1 Å². The van der Waals surface area contributed by atoms with Crippen molar-refractivity contribution in [3.63, 3.8) is 0 Å². The number of nitriles is 1. The van der Waals surface area contributed by atoms with Crippen LogP contribution in [0.15, 0.2) is 0 Å². The van der Waals surface area contributed by atoms with Gasteiger partial charge in [0.25, 0.3) is 0 Å².